The van der Waals surface area contributed by atoms with Crippen LogP contribution in [0.25, 0.3) is 0 Å². The molecule has 1 nitrogen and oxygen atoms in total. The van der Waals surface area contributed by atoms with Crippen molar-refractivity contribution in [1.29, 1.82) is 0 Å². The molecule has 0 aromatic rings. The molecule has 0 aliphatic heterocycles. The first kappa shape index (κ1) is 13.5. The van der Waals surface area contributed by atoms with Crippen molar-refractivity contribution in [3.8, 4) is 0 Å². The van der Waals surface area contributed by atoms with Gasteiger partial charge in [-0.3, -0.25) is 0 Å². The van der Waals surface area contributed by atoms with Crippen molar-refractivity contribution in [3.63, 3.8) is 0 Å². The maximum Gasteiger partial charge on any atom is 0.384 e. The van der Waals surface area contributed by atoms with Gasteiger partial charge in [-0.25, -0.2) is 0 Å². The van der Waals surface area contributed by atoms with Crippen LogP contribution in [0.3, 0.4) is 0 Å². The van der Waals surface area contributed by atoms with Crippen LogP contribution in [0.5, 0.6) is 0 Å². The molecule has 0 bridgehead atoms. The summed E-state index contributed by atoms with van der Waals surface area (Å²) in [5, 5.41) is 0. The predicted molar refractivity (Wildman–Crippen MR) is 39.5 cm³/mol. The highest BCUT2D eigenvalue weighted by Gasteiger charge is 3.01. The van der Waals surface area contributed by atoms with Crippen LogP contribution < -0.4 is 0 Å². The SMILES string of the molecule is CCCCOC1(F)C(F)(F)C(F)(F)C1(F)F. The average Bonchev–Trinajstić information content (AvgIpc) is 2.16. The topological polar surface area (TPSA) is 9.23 Å². The molecule has 1 aliphatic carbocycles. The third kappa shape index (κ3) is 1.22. The number of alkyl halides is 7. The molecule has 1 aliphatic rings. The van der Waals surface area contributed by atoms with E-state index in [4.69, 9.17) is 0 Å². The van der Waals surface area contributed by atoms with Gasteiger partial charge in [-0.05, 0) is 6.42 Å². The quantitative estimate of drug-likeness (QED) is 0.552. The van der Waals surface area contributed by atoms with Gasteiger partial charge in [0.2, 0.25) is 0 Å². The lowest BCUT2D eigenvalue weighted by Gasteiger charge is -2.52. The van der Waals surface area contributed by atoms with E-state index in [0.717, 1.165) is 0 Å². The third-order valence-electron chi connectivity index (χ3n) is 2.40. The molecule has 0 aromatic carbocycles. The van der Waals surface area contributed by atoms with Gasteiger partial charge in [-0.15, -0.1) is 0 Å². The summed E-state index contributed by atoms with van der Waals surface area (Å²) in [5.74, 6) is -21.7. The molecule has 0 aromatic heterocycles. The first-order valence-electron chi connectivity index (χ1n) is 4.52. The summed E-state index contributed by atoms with van der Waals surface area (Å²) in [6.07, 6.45) is 0.382. The van der Waals surface area contributed by atoms with Gasteiger partial charge in [0.15, 0.2) is 0 Å². The van der Waals surface area contributed by atoms with E-state index in [2.05, 4.69) is 4.74 Å². The lowest BCUT2D eigenvalue weighted by Crippen LogP contribution is -2.85. The Morgan fingerprint density at radius 1 is 0.812 bits per heavy atom. The van der Waals surface area contributed by atoms with Crippen molar-refractivity contribution >= 4 is 0 Å². The van der Waals surface area contributed by atoms with Gasteiger partial charge < -0.3 is 4.74 Å². The molecule has 0 N–H and O–H groups in total. The van der Waals surface area contributed by atoms with Gasteiger partial charge in [-0.1, -0.05) is 13.3 Å². The molecule has 0 spiro atoms. The first-order valence-corrected chi connectivity index (χ1v) is 4.52. The van der Waals surface area contributed by atoms with Crippen molar-refractivity contribution in [2.75, 3.05) is 6.61 Å². The van der Waals surface area contributed by atoms with Crippen LogP contribution in [-0.4, -0.2) is 30.2 Å². The van der Waals surface area contributed by atoms with Crippen molar-refractivity contribution < 1.29 is 35.5 Å². The average molecular weight is 254 g/mol. The fourth-order valence-electron chi connectivity index (χ4n) is 1.27. The highest BCUT2D eigenvalue weighted by Crippen LogP contribution is 2.68. The summed E-state index contributed by atoms with van der Waals surface area (Å²) >= 11 is 0. The smallest absolute Gasteiger partial charge is 0.336 e. The van der Waals surface area contributed by atoms with Gasteiger partial charge in [0.1, 0.15) is 0 Å². The Morgan fingerprint density at radius 3 is 1.62 bits per heavy atom. The van der Waals surface area contributed by atoms with E-state index in [1.807, 2.05) is 0 Å². The molecule has 0 atom stereocenters. The molecule has 96 valence electrons. The largest absolute Gasteiger partial charge is 0.384 e. The molecular weight excluding hydrogens is 245 g/mol. The summed E-state index contributed by atoms with van der Waals surface area (Å²) in [4.78, 5) is 0. The van der Waals surface area contributed by atoms with E-state index < -0.39 is 30.2 Å². The van der Waals surface area contributed by atoms with Crippen LogP contribution in [-0.2, 0) is 4.74 Å². The van der Waals surface area contributed by atoms with E-state index in [1.165, 1.54) is 0 Å². The van der Waals surface area contributed by atoms with E-state index in [-0.39, 0.29) is 6.42 Å². The second-order valence-corrected chi connectivity index (χ2v) is 3.52. The molecule has 0 heterocycles. The lowest BCUT2D eigenvalue weighted by atomic mass is 9.78. The van der Waals surface area contributed by atoms with E-state index in [1.54, 1.807) is 6.92 Å². The summed E-state index contributed by atoms with van der Waals surface area (Å²) in [6, 6.07) is 0. The zero-order valence-electron chi connectivity index (χ0n) is 8.18. The second kappa shape index (κ2) is 3.48. The number of halogens is 7. The molecule has 8 heteroatoms. The normalized spacial score (nSPS) is 28.5. The summed E-state index contributed by atoms with van der Waals surface area (Å²) in [7, 11) is 0. The minimum atomic E-state index is -5.72. The number of unbranched alkanes of at least 4 members (excludes halogenated alkanes) is 1. The number of hydrogen-bond acceptors (Lipinski definition) is 1. The van der Waals surface area contributed by atoms with Crippen molar-refractivity contribution in [1.82, 2.24) is 0 Å². The maximum absolute atomic E-state index is 13.1. The molecule has 0 saturated heterocycles. The fraction of sp³-hybridized carbons (Fsp3) is 1.00. The molecule has 0 amide bonds. The number of ether oxygens (including phenoxy) is 1. The Balaban J connectivity index is 2.87. The van der Waals surface area contributed by atoms with Crippen LogP contribution in [0, 0.1) is 0 Å². The van der Waals surface area contributed by atoms with Gasteiger partial charge in [0, 0.05) is 0 Å². The Morgan fingerprint density at radius 2 is 1.25 bits per heavy atom. The zero-order chi connectivity index (χ0) is 12.8. The van der Waals surface area contributed by atoms with Crippen molar-refractivity contribution in [3.05, 3.63) is 0 Å². The zero-order valence-corrected chi connectivity index (χ0v) is 8.18. The first-order chi connectivity index (χ1) is 7.06. The van der Waals surface area contributed by atoms with Gasteiger partial charge in [0.05, 0.1) is 6.61 Å². The van der Waals surface area contributed by atoms with Crippen LogP contribution in [0.4, 0.5) is 30.7 Å². The monoisotopic (exact) mass is 254 g/mol. The van der Waals surface area contributed by atoms with Crippen molar-refractivity contribution in [2.24, 2.45) is 0 Å². The minimum absolute atomic E-state index is 0.0173. The maximum atomic E-state index is 13.1. The van der Waals surface area contributed by atoms with Crippen molar-refractivity contribution in [2.45, 2.75) is 43.4 Å². The fourth-order valence-corrected chi connectivity index (χ4v) is 1.27. The Labute approximate surface area is 86.6 Å². The third-order valence-corrected chi connectivity index (χ3v) is 2.40. The molecule has 1 saturated carbocycles. The molecule has 1 rings (SSSR count). The molecule has 16 heavy (non-hydrogen) atoms. The van der Waals surface area contributed by atoms with Crippen LogP contribution in [0.1, 0.15) is 19.8 Å². The highest BCUT2D eigenvalue weighted by atomic mass is 19.4. The highest BCUT2D eigenvalue weighted by molar-refractivity contribution is 5.23. The van der Waals surface area contributed by atoms with Crippen LogP contribution in [0.15, 0.2) is 0 Å². The van der Waals surface area contributed by atoms with E-state index in [0.29, 0.717) is 6.42 Å². The molecular formula is C8H9F7O. The standard InChI is InChI=1S/C8H9F7O/c1-2-3-4-16-8(15)6(11,12)5(9,10)7(8,13)14/h2-4H2,1H3. The second-order valence-electron chi connectivity index (χ2n) is 3.52. The number of rotatable bonds is 4. The van der Waals surface area contributed by atoms with E-state index >= 15 is 0 Å². The summed E-state index contributed by atoms with van der Waals surface area (Å²) in [6.45, 7) is 0.800. The van der Waals surface area contributed by atoms with Crippen LogP contribution in [0.2, 0.25) is 0 Å². The molecule has 0 unspecified atom stereocenters. The van der Waals surface area contributed by atoms with E-state index in [9.17, 15) is 30.7 Å². The predicted octanol–water partition coefficient (Wildman–Crippen LogP) is 3.39. The lowest BCUT2D eigenvalue weighted by molar-refractivity contribution is -0.532. The Bertz CT molecular complexity index is 258. The Hall–Kier alpha value is -0.530. The summed E-state index contributed by atoms with van der Waals surface area (Å²) < 4.78 is 91.5. The van der Waals surface area contributed by atoms with Gasteiger partial charge in [0.25, 0.3) is 0 Å². The summed E-state index contributed by atoms with van der Waals surface area (Å²) in [5.41, 5.74) is 0. The number of hydrogen-bond donors (Lipinski definition) is 0. The molecule has 1 fully saturated rings. The Kier molecular flexibility index (Phi) is 2.94. The molecule has 0 radical (unpaired) electrons. The minimum Gasteiger partial charge on any atom is -0.336 e. The van der Waals surface area contributed by atoms with Gasteiger partial charge in [-0.2, -0.15) is 30.7 Å². The van der Waals surface area contributed by atoms with Gasteiger partial charge >= 0.3 is 23.6 Å². The van der Waals surface area contributed by atoms with Crippen LogP contribution >= 0.6 is 0 Å².